The van der Waals surface area contributed by atoms with Crippen molar-refractivity contribution in [1.82, 2.24) is 0 Å². The molecule has 0 amide bonds. The normalized spacial score (nSPS) is 28.1. The molecule has 2 rings (SSSR count). The van der Waals surface area contributed by atoms with Crippen molar-refractivity contribution in [2.75, 3.05) is 11.5 Å². The molecular formula is C14H19FOS. The van der Waals surface area contributed by atoms with E-state index in [4.69, 9.17) is 0 Å². The lowest BCUT2D eigenvalue weighted by molar-refractivity contribution is -0.0583. The summed E-state index contributed by atoms with van der Waals surface area (Å²) in [6.45, 7) is 6.05. The number of benzene rings is 1. The number of halogens is 1. The average Bonchev–Trinajstić information content (AvgIpc) is 2.22. The molecule has 3 heteroatoms. The van der Waals surface area contributed by atoms with Gasteiger partial charge in [-0.25, -0.2) is 4.39 Å². The lowest BCUT2D eigenvalue weighted by atomic mass is 9.69. The molecule has 0 spiro atoms. The SMILES string of the molecule is Cc1cc(F)ccc1C1(O)CSCCC1(C)C. The fourth-order valence-corrected chi connectivity index (χ4v) is 4.12. The summed E-state index contributed by atoms with van der Waals surface area (Å²) in [6.07, 6.45) is 0.977. The smallest absolute Gasteiger partial charge is 0.123 e. The summed E-state index contributed by atoms with van der Waals surface area (Å²) < 4.78 is 13.1. The van der Waals surface area contributed by atoms with Gasteiger partial charge in [0.25, 0.3) is 0 Å². The molecule has 1 aliphatic heterocycles. The minimum absolute atomic E-state index is 0.166. The predicted octanol–water partition coefficient (Wildman–Crippen LogP) is 3.48. The fourth-order valence-electron chi connectivity index (χ4n) is 2.48. The van der Waals surface area contributed by atoms with Crippen LogP contribution >= 0.6 is 11.8 Å². The summed E-state index contributed by atoms with van der Waals surface area (Å²) in [5, 5.41) is 11.0. The Bertz CT molecular complexity index is 430. The Hall–Kier alpha value is -0.540. The summed E-state index contributed by atoms with van der Waals surface area (Å²) in [7, 11) is 0. The Morgan fingerprint density at radius 3 is 2.65 bits per heavy atom. The van der Waals surface area contributed by atoms with Crippen LogP contribution in [0.1, 0.15) is 31.4 Å². The van der Waals surface area contributed by atoms with Crippen LogP contribution < -0.4 is 0 Å². The third-order valence-electron chi connectivity index (χ3n) is 3.94. The van der Waals surface area contributed by atoms with Crippen molar-refractivity contribution in [3.8, 4) is 0 Å². The number of hydrogen-bond donors (Lipinski definition) is 1. The molecule has 94 valence electrons. The van der Waals surface area contributed by atoms with Crippen LogP contribution in [-0.4, -0.2) is 16.6 Å². The topological polar surface area (TPSA) is 20.2 Å². The van der Waals surface area contributed by atoms with E-state index in [1.54, 1.807) is 17.8 Å². The maximum atomic E-state index is 13.1. The number of hydrogen-bond acceptors (Lipinski definition) is 2. The third-order valence-corrected chi connectivity index (χ3v) is 5.05. The molecule has 1 aliphatic rings. The van der Waals surface area contributed by atoms with Crippen molar-refractivity contribution in [3.63, 3.8) is 0 Å². The van der Waals surface area contributed by atoms with Gasteiger partial charge < -0.3 is 5.11 Å². The van der Waals surface area contributed by atoms with Gasteiger partial charge in [-0.2, -0.15) is 11.8 Å². The largest absolute Gasteiger partial charge is 0.384 e. The van der Waals surface area contributed by atoms with Crippen LogP contribution in [0.15, 0.2) is 18.2 Å². The van der Waals surface area contributed by atoms with Crippen LogP contribution in [0, 0.1) is 18.2 Å². The van der Waals surface area contributed by atoms with Gasteiger partial charge in [-0.15, -0.1) is 0 Å². The molecule has 0 saturated carbocycles. The molecule has 1 unspecified atom stereocenters. The van der Waals surface area contributed by atoms with E-state index >= 15 is 0 Å². The maximum absolute atomic E-state index is 13.1. The van der Waals surface area contributed by atoms with Gasteiger partial charge in [0.15, 0.2) is 0 Å². The molecule has 1 atom stereocenters. The van der Waals surface area contributed by atoms with E-state index in [0.717, 1.165) is 23.3 Å². The minimum Gasteiger partial charge on any atom is -0.384 e. The van der Waals surface area contributed by atoms with E-state index in [2.05, 4.69) is 13.8 Å². The first-order valence-corrected chi connectivity index (χ1v) is 7.09. The van der Waals surface area contributed by atoms with Crippen molar-refractivity contribution in [2.45, 2.75) is 32.8 Å². The molecule has 1 saturated heterocycles. The summed E-state index contributed by atoms with van der Waals surface area (Å²) in [4.78, 5) is 0. The molecular weight excluding hydrogens is 235 g/mol. The van der Waals surface area contributed by atoms with E-state index in [1.165, 1.54) is 12.1 Å². The zero-order chi connectivity index (χ0) is 12.7. The fraction of sp³-hybridized carbons (Fsp3) is 0.571. The first-order chi connectivity index (χ1) is 7.87. The second kappa shape index (κ2) is 4.29. The van der Waals surface area contributed by atoms with E-state index in [9.17, 15) is 9.50 Å². The summed E-state index contributed by atoms with van der Waals surface area (Å²) >= 11 is 1.77. The number of aryl methyl sites for hydroxylation is 1. The van der Waals surface area contributed by atoms with Crippen molar-refractivity contribution in [2.24, 2.45) is 5.41 Å². The first kappa shape index (κ1) is 12.9. The van der Waals surface area contributed by atoms with Crippen LogP contribution in [0.25, 0.3) is 0 Å². The molecule has 1 aromatic carbocycles. The van der Waals surface area contributed by atoms with Crippen LogP contribution in [0.3, 0.4) is 0 Å². The lowest BCUT2D eigenvalue weighted by Gasteiger charge is -2.47. The van der Waals surface area contributed by atoms with Crippen molar-refractivity contribution < 1.29 is 9.50 Å². The minimum atomic E-state index is -0.853. The summed E-state index contributed by atoms with van der Waals surface area (Å²) in [6, 6.07) is 4.68. The number of rotatable bonds is 1. The Morgan fingerprint density at radius 2 is 2.06 bits per heavy atom. The van der Waals surface area contributed by atoms with Gasteiger partial charge in [-0.05, 0) is 47.8 Å². The van der Waals surface area contributed by atoms with Crippen molar-refractivity contribution in [3.05, 3.63) is 35.1 Å². The van der Waals surface area contributed by atoms with E-state index in [1.807, 2.05) is 6.92 Å². The lowest BCUT2D eigenvalue weighted by Crippen LogP contribution is -2.47. The van der Waals surface area contributed by atoms with Gasteiger partial charge in [0.2, 0.25) is 0 Å². The first-order valence-electron chi connectivity index (χ1n) is 5.94. The van der Waals surface area contributed by atoms with E-state index < -0.39 is 5.60 Å². The van der Waals surface area contributed by atoms with Crippen LogP contribution in [0.4, 0.5) is 4.39 Å². The van der Waals surface area contributed by atoms with E-state index in [0.29, 0.717) is 5.75 Å². The zero-order valence-corrected chi connectivity index (χ0v) is 11.4. The second-order valence-electron chi connectivity index (χ2n) is 5.51. The second-order valence-corrected chi connectivity index (χ2v) is 6.61. The summed E-state index contributed by atoms with van der Waals surface area (Å²) in [5.74, 6) is 1.53. The third kappa shape index (κ3) is 2.11. The number of thioether (sulfide) groups is 1. The monoisotopic (exact) mass is 254 g/mol. The van der Waals surface area contributed by atoms with Crippen LogP contribution in [-0.2, 0) is 5.60 Å². The van der Waals surface area contributed by atoms with Gasteiger partial charge >= 0.3 is 0 Å². The number of aliphatic hydroxyl groups is 1. The highest BCUT2D eigenvalue weighted by molar-refractivity contribution is 7.99. The highest BCUT2D eigenvalue weighted by Crippen LogP contribution is 2.49. The molecule has 0 radical (unpaired) electrons. The van der Waals surface area contributed by atoms with Gasteiger partial charge in [-0.1, -0.05) is 19.9 Å². The average molecular weight is 254 g/mol. The van der Waals surface area contributed by atoms with Gasteiger partial charge in [0.1, 0.15) is 11.4 Å². The Kier molecular flexibility index (Phi) is 3.25. The van der Waals surface area contributed by atoms with Crippen molar-refractivity contribution in [1.29, 1.82) is 0 Å². The Labute approximate surface area is 106 Å². The van der Waals surface area contributed by atoms with Crippen LogP contribution in [0.5, 0.6) is 0 Å². The van der Waals surface area contributed by atoms with E-state index in [-0.39, 0.29) is 11.2 Å². The van der Waals surface area contributed by atoms with Crippen molar-refractivity contribution >= 4 is 11.8 Å². The van der Waals surface area contributed by atoms with Gasteiger partial charge in [0, 0.05) is 5.75 Å². The molecule has 0 aromatic heterocycles. The molecule has 0 bridgehead atoms. The molecule has 1 N–H and O–H groups in total. The Morgan fingerprint density at radius 1 is 1.35 bits per heavy atom. The quantitative estimate of drug-likeness (QED) is 0.828. The standard InChI is InChI=1S/C14H19FOS/c1-10-8-11(15)4-5-12(10)14(16)9-17-7-6-13(14,2)3/h4-5,8,16H,6-7,9H2,1-3H3. The summed E-state index contributed by atoms with van der Waals surface area (Å²) in [5.41, 5.74) is 0.688. The highest BCUT2D eigenvalue weighted by atomic mass is 32.2. The molecule has 17 heavy (non-hydrogen) atoms. The molecule has 0 aliphatic carbocycles. The van der Waals surface area contributed by atoms with Gasteiger partial charge in [-0.3, -0.25) is 0 Å². The molecule has 1 nitrogen and oxygen atoms in total. The van der Waals surface area contributed by atoms with Gasteiger partial charge in [0.05, 0.1) is 0 Å². The molecule has 1 aromatic rings. The Balaban J connectivity index is 2.49. The predicted molar refractivity (Wildman–Crippen MR) is 70.8 cm³/mol. The highest BCUT2D eigenvalue weighted by Gasteiger charge is 2.47. The molecule has 1 fully saturated rings. The zero-order valence-electron chi connectivity index (χ0n) is 10.6. The van der Waals surface area contributed by atoms with Crippen LogP contribution in [0.2, 0.25) is 0 Å². The molecule has 1 heterocycles. The maximum Gasteiger partial charge on any atom is 0.123 e.